The minimum absolute atomic E-state index is 0.0687. The van der Waals surface area contributed by atoms with Gasteiger partial charge in [0.15, 0.2) is 5.69 Å². The summed E-state index contributed by atoms with van der Waals surface area (Å²) in [5.74, 6) is -0.844. The number of hydrogen-bond donors (Lipinski definition) is 1. The van der Waals surface area contributed by atoms with Crippen LogP contribution >= 0.6 is 0 Å². The SMILES string of the molecule is CCn1c(=O)c(-c2noc(C(=O)NC3CCCCCC3)n2)nn(-c2ccc(C)cc2)c1=O. The summed E-state index contributed by atoms with van der Waals surface area (Å²) in [6, 6.07) is 7.22. The van der Waals surface area contributed by atoms with Gasteiger partial charge in [-0.3, -0.25) is 14.2 Å². The van der Waals surface area contributed by atoms with Crippen molar-refractivity contribution in [1.82, 2.24) is 29.8 Å². The highest BCUT2D eigenvalue weighted by Crippen LogP contribution is 2.18. The van der Waals surface area contributed by atoms with E-state index in [2.05, 4.69) is 20.6 Å². The summed E-state index contributed by atoms with van der Waals surface area (Å²) in [4.78, 5) is 42.3. The molecule has 10 heteroatoms. The summed E-state index contributed by atoms with van der Waals surface area (Å²) in [5, 5.41) is 10.9. The summed E-state index contributed by atoms with van der Waals surface area (Å²) in [6.45, 7) is 3.76. The Hall–Kier alpha value is -3.56. The number of hydrogen-bond acceptors (Lipinski definition) is 7. The molecule has 0 bridgehead atoms. The lowest BCUT2D eigenvalue weighted by atomic mass is 10.1. The van der Waals surface area contributed by atoms with Crippen LogP contribution in [0.15, 0.2) is 38.4 Å². The average Bonchev–Trinajstić information content (AvgIpc) is 3.13. The van der Waals surface area contributed by atoms with Gasteiger partial charge in [0, 0.05) is 12.6 Å². The normalized spacial score (nSPS) is 14.8. The van der Waals surface area contributed by atoms with Crippen molar-refractivity contribution in [2.45, 2.75) is 65.0 Å². The smallest absolute Gasteiger partial charge is 0.345 e. The third-order valence-electron chi connectivity index (χ3n) is 5.68. The second-order valence-electron chi connectivity index (χ2n) is 8.01. The molecule has 2 heterocycles. The van der Waals surface area contributed by atoms with Gasteiger partial charge in [0.05, 0.1) is 5.69 Å². The lowest BCUT2D eigenvalue weighted by molar-refractivity contribution is 0.0889. The Balaban J connectivity index is 1.68. The molecule has 10 nitrogen and oxygen atoms in total. The van der Waals surface area contributed by atoms with E-state index < -0.39 is 17.2 Å². The molecular formula is C22H26N6O4. The Bertz CT molecular complexity index is 1220. The molecule has 0 radical (unpaired) electrons. The largest absolute Gasteiger partial charge is 0.352 e. The zero-order valence-electron chi connectivity index (χ0n) is 18.2. The van der Waals surface area contributed by atoms with Gasteiger partial charge in [-0.2, -0.15) is 14.8 Å². The minimum Gasteiger partial charge on any atom is -0.345 e. The lowest BCUT2D eigenvalue weighted by Crippen LogP contribution is -2.41. The van der Waals surface area contributed by atoms with Crippen molar-refractivity contribution in [3.8, 4) is 17.2 Å². The van der Waals surface area contributed by atoms with Crippen molar-refractivity contribution in [3.05, 3.63) is 56.6 Å². The molecule has 1 N–H and O–H groups in total. The molecule has 1 aliphatic rings. The minimum atomic E-state index is -0.641. The van der Waals surface area contributed by atoms with Gasteiger partial charge in [0.25, 0.3) is 5.56 Å². The second kappa shape index (κ2) is 9.29. The van der Waals surface area contributed by atoms with Crippen LogP contribution in [0.5, 0.6) is 0 Å². The number of carbonyl (C=O) groups is 1. The van der Waals surface area contributed by atoms with Gasteiger partial charge < -0.3 is 9.84 Å². The molecule has 1 fully saturated rings. The number of aromatic nitrogens is 5. The highest BCUT2D eigenvalue weighted by atomic mass is 16.5. The third kappa shape index (κ3) is 4.39. The van der Waals surface area contributed by atoms with Crippen LogP contribution in [0.25, 0.3) is 17.2 Å². The standard InChI is InChI=1S/C22H26N6O4/c1-3-27-21(30)17(25-28(22(27)31)16-12-10-14(2)11-13-16)18-24-20(32-26-18)19(29)23-15-8-6-4-5-7-9-15/h10-13,15H,3-9H2,1-2H3,(H,23,29). The van der Waals surface area contributed by atoms with Crippen molar-refractivity contribution < 1.29 is 9.32 Å². The Morgan fingerprint density at radius 3 is 2.47 bits per heavy atom. The van der Waals surface area contributed by atoms with Gasteiger partial charge in [-0.1, -0.05) is 48.5 Å². The molecule has 32 heavy (non-hydrogen) atoms. The maximum atomic E-state index is 12.9. The van der Waals surface area contributed by atoms with E-state index in [-0.39, 0.29) is 30.0 Å². The zero-order valence-corrected chi connectivity index (χ0v) is 18.2. The predicted octanol–water partition coefficient (Wildman–Crippen LogP) is 2.23. The Morgan fingerprint density at radius 1 is 1.12 bits per heavy atom. The highest BCUT2D eigenvalue weighted by molar-refractivity contribution is 5.90. The van der Waals surface area contributed by atoms with Crippen LogP contribution in [-0.4, -0.2) is 36.4 Å². The molecule has 0 unspecified atom stereocenters. The number of aryl methyl sites for hydroxylation is 1. The fourth-order valence-corrected chi connectivity index (χ4v) is 3.87. The molecule has 0 spiro atoms. The van der Waals surface area contributed by atoms with Gasteiger partial charge in [0.1, 0.15) is 0 Å². The van der Waals surface area contributed by atoms with E-state index in [9.17, 15) is 14.4 Å². The van der Waals surface area contributed by atoms with E-state index in [1.54, 1.807) is 19.1 Å². The van der Waals surface area contributed by atoms with Crippen LogP contribution in [-0.2, 0) is 6.54 Å². The lowest BCUT2D eigenvalue weighted by Gasteiger charge is -2.14. The number of nitrogens with one attached hydrogen (secondary N) is 1. The summed E-state index contributed by atoms with van der Waals surface area (Å²) in [5.41, 5.74) is 0.147. The highest BCUT2D eigenvalue weighted by Gasteiger charge is 2.24. The van der Waals surface area contributed by atoms with E-state index in [1.807, 2.05) is 19.1 Å². The Labute approximate surface area is 184 Å². The number of carbonyl (C=O) groups excluding carboxylic acids is 1. The first-order valence-corrected chi connectivity index (χ1v) is 10.9. The Kier molecular flexibility index (Phi) is 6.29. The second-order valence-corrected chi connectivity index (χ2v) is 8.01. The molecule has 1 saturated carbocycles. The van der Waals surface area contributed by atoms with E-state index in [4.69, 9.17) is 4.52 Å². The zero-order chi connectivity index (χ0) is 22.7. The number of amides is 1. The Morgan fingerprint density at radius 2 is 1.81 bits per heavy atom. The molecule has 1 aromatic carbocycles. The summed E-state index contributed by atoms with van der Waals surface area (Å²) < 4.78 is 7.30. The monoisotopic (exact) mass is 438 g/mol. The van der Waals surface area contributed by atoms with Gasteiger partial charge >= 0.3 is 17.5 Å². The van der Waals surface area contributed by atoms with Crippen LogP contribution < -0.4 is 16.6 Å². The van der Waals surface area contributed by atoms with E-state index in [0.717, 1.165) is 40.5 Å². The average molecular weight is 438 g/mol. The van der Waals surface area contributed by atoms with E-state index in [1.165, 1.54) is 12.8 Å². The van der Waals surface area contributed by atoms with Gasteiger partial charge in [-0.25, -0.2) is 4.79 Å². The molecule has 2 aromatic heterocycles. The van der Waals surface area contributed by atoms with Gasteiger partial charge in [0.2, 0.25) is 5.82 Å². The van der Waals surface area contributed by atoms with Crippen molar-refractivity contribution in [2.75, 3.05) is 0 Å². The van der Waals surface area contributed by atoms with Gasteiger partial charge in [-0.15, -0.1) is 0 Å². The summed E-state index contributed by atoms with van der Waals surface area (Å²) in [7, 11) is 0. The van der Waals surface area contributed by atoms with Crippen LogP contribution in [0.4, 0.5) is 0 Å². The van der Waals surface area contributed by atoms with Crippen LogP contribution in [0.2, 0.25) is 0 Å². The quantitative estimate of drug-likeness (QED) is 0.606. The number of rotatable bonds is 5. The van der Waals surface area contributed by atoms with E-state index >= 15 is 0 Å². The summed E-state index contributed by atoms with van der Waals surface area (Å²) >= 11 is 0. The maximum absolute atomic E-state index is 12.9. The fourth-order valence-electron chi connectivity index (χ4n) is 3.87. The third-order valence-corrected chi connectivity index (χ3v) is 5.68. The first-order valence-electron chi connectivity index (χ1n) is 10.9. The van der Waals surface area contributed by atoms with Crippen molar-refractivity contribution >= 4 is 5.91 Å². The molecule has 1 amide bonds. The predicted molar refractivity (Wildman–Crippen MR) is 117 cm³/mol. The molecule has 0 atom stereocenters. The molecule has 3 aromatic rings. The molecular weight excluding hydrogens is 412 g/mol. The summed E-state index contributed by atoms with van der Waals surface area (Å²) in [6.07, 6.45) is 6.31. The number of benzene rings is 1. The topological polar surface area (TPSA) is 125 Å². The number of nitrogens with zero attached hydrogens (tertiary/aromatic N) is 5. The molecule has 1 aliphatic carbocycles. The van der Waals surface area contributed by atoms with Crippen LogP contribution in [0.3, 0.4) is 0 Å². The van der Waals surface area contributed by atoms with Crippen LogP contribution in [0.1, 0.15) is 61.7 Å². The van der Waals surface area contributed by atoms with Crippen molar-refractivity contribution in [3.63, 3.8) is 0 Å². The van der Waals surface area contributed by atoms with Crippen molar-refractivity contribution in [2.24, 2.45) is 0 Å². The van der Waals surface area contributed by atoms with Crippen molar-refractivity contribution in [1.29, 1.82) is 0 Å². The van der Waals surface area contributed by atoms with Crippen LogP contribution in [0, 0.1) is 6.92 Å². The molecule has 0 aliphatic heterocycles. The molecule has 4 rings (SSSR count). The van der Waals surface area contributed by atoms with E-state index in [0.29, 0.717) is 5.69 Å². The fraction of sp³-hybridized carbons (Fsp3) is 0.455. The molecule has 0 saturated heterocycles. The first-order chi connectivity index (χ1) is 15.5. The first kappa shape index (κ1) is 21.7. The maximum Gasteiger partial charge on any atom is 0.352 e. The molecule has 168 valence electrons. The van der Waals surface area contributed by atoms with Gasteiger partial charge in [-0.05, 0) is 38.8 Å².